The summed E-state index contributed by atoms with van der Waals surface area (Å²) in [4.78, 5) is 79.0. The van der Waals surface area contributed by atoms with Crippen molar-refractivity contribution in [2.75, 3.05) is 26.7 Å². The molecular formula is C47H60N8O7. The molecule has 1 fully saturated rings. The second-order valence-electron chi connectivity index (χ2n) is 17.8. The average Bonchev–Trinajstić information content (AvgIpc) is 3.57. The molecular weight excluding hydrogens is 789 g/mol. The highest BCUT2D eigenvalue weighted by Crippen LogP contribution is 2.29. The lowest BCUT2D eigenvalue weighted by Crippen LogP contribution is -2.61. The van der Waals surface area contributed by atoms with E-state index in [9.17, 15) is 29.1 Å². The first-order chi connectivity index (χ1) is 29.3. The lowest BCUT2D eigenvalue weighted by atomic mass is 9.84. The van der Waals surface area contributed by atoms with Gasteiger partial charge in [-0.15, -0.1) is 0 Å². The van der Waals surface area contributed by atoms with Gasteiger partial charge in [0.05, 0.1) is 37.2 Å². The number of aliphatic hydroxyl groups is 1. The second kappa shape index (κ2) is 20.6. The highest BCUT2D eigenvalue weighted by Gasteiger charge is 2.44. The molecule has 0 aliphatic carbocycles. The fourth-order valence-electron chi connectivity index (χ4n) is 7.47. The highest BCUT2D eigenvalue weighted by molar-refractivity contribution is 5.92. The summed E-state index contributed by atoms with van der Waals surface area (Å²) in [6, 6.07) is 24.7. The van der Waals surface area contributed by atoms with E-state index in [0.717, 1.165) is 22.4 Å². The van der Waals surface area contributed by atoms with E-state index < -0.39 is 53.0 Å². The molecule has 0 spiro atoms. The Labute approximate surface area is 364 Å². The van der Waals surface area contributed by atoms with Crippen LogP contribution in [0.2, 0.25) is 0 Å². The first-order valence-electron chi connectivity index (χ1n) is 20.8. The lowest BCUT2D eigenvalue weighted by molar-refractivity contribution is -0.133. The minimum absolute atomic E-state index is 0.135. The number of methoxy groups -OCH3 is 1. The van der Waals surface area contributed by atoms with Crippen molar-refractivity contribution in [1.82, 2.24) is 40.8 Å². The van der Waals surface area contributed by atoms with Crippen LogP contribution in [-0.2, 0) is 33.8 Å². The number of nitrogens with zero attached hydrogens (tertiary/aromatic N) is 5. The summed E-state index contributed by atoms with van der Waals surface area (Å²) in [7, 11) is 1.22. The molecule has 0 bridgehead atoms. The maximum Gasteiger partial charge on any atom is 0.407 e. The number of nitrogens with one attached hydrogen (secondary N) is 3. The van der Waals surface area contributed by atoms with Crippen LogP contribution in [0.25, 0.3) is 11.3 Å². The number of benzene rings is 2. The van der Waals surface area contributed by atoms with Gasteiger partial charge < -0.3 is 30.3 Å². The van der Waals surface area contributed by atoms with E-state index in [1.165, 1.54) is 14.0 Å². The third-order valence-corrected chi connectivity index (χ3v) is 10.7. The molecule has 0 radical (unpaired) electrons. The van der Waals surface area contributed by atoms with Crippen LogP contribution < -0.4 is 16.1 Å². The molecule has 4 unspecified atom stereocenters. The smallest absolute Gasteiger partial charge is 0.407 e. The van der Waals surface area contributed by atoms with E-state index in [1.807, 2.05) is 114 Å². The van der Waals surface area contributed by atoms with Gasteiger partial charge in [0.15, 0.2) is 5.78 Å². The van der Waals surface area contributed by atoms with Gasteiger partial charge in [0.25, 0.3) is 5.91 Å². The number of aliphatic hydroxyl groups excluding tert-OH is 1. The molecule has 5 amide bonds. The van der Waals surface area contributed by atoms with Crippen LogP contribution in [0.3, 0.4) is 0 Å². The SMILES string of the molecule is COC(=O)NC(C(=O)NN(Cc1ccc(-c2ccccn2)cc1)CC(O)C(Cc1ccccc1)NC(=O)C(N1CCN(Cc2cccc(C(C)=O)n2)C1=O)C(C)(C)C)C(C)(C)C. The zero-order valence-corrected chi connectivity index (χ0v) is 36.9. The van der Waals surface area contributed by atoms with Crippen molar-refractivity contribution in [1.29, 1.82) is 0 Å². The first-order valence-corrected chi connectivity index (χ1v) is 20.8. The average molecular weight is 849 g/mol. The largest absolute Gasteiger partial charge is 0.453 e. The zero-order chi connectivity index (χ0) is 45.2. The van der Waals surface area contributed by atoms with Crippen molar-refractivity contribution in [3.05, 3.63) is 120 Å². The summed E-state index contributed by atoms with van der Waals surface area (Å²) in [6.07, 6.45) is -0.0648. The molecule has 15 heteroatoms. The third-order valence-electron chi connectivity index (χ3n) is 10.7. The van der Waals surface area contributed by atoms with Crippen LogP contribution in [0, 0.1) is 10.8 Å². The molecule has 1 aliphatic rings. The Balaban J connectivity index is 1.41. The van der Waals surface area contributed by atoms with Crippen molar-refractivity contribution in [2.45, 2.75) is 92.2 Å². The van der Waals surface area contributed by atoms with Crippen molar-refractivity contribution in [3.8, 4) is 11.3 Å². The topological polar surface area (TPSA) is 186 Å². The predicted octanol–water partition coefficient (Wildman–Crippen LogP) is 5.39. The van der Waals surface area contributed by atoms with Gasteiger partial charge in [0.2, 0.25) is 5.91 Å². The Morgan fingerprint density at radius 3 is 2.13 bits per heavy atom. The van der Waals surface area contributed by atoms with Crippen LogP contribution in [0.1, 0.15) is 75.8 Å². The van der Waals surface area contributed by atoms with E-state index in [4.69, 9.17) is 4.74 Å². The Bertz CT molecular complexity index is 2160. The standard InChI is InChI=1S/C47H60N8O7/c1-31(56)36-19-14-17-35(49-36)29-53-25-26-55(45(53)61)41(47(5,6)7)43(59)50-38(27-32-15-10-9-11-16-32)39(57)30-54(52-42(58)40(46(2,3)4)51-44(60)62-8)28-33-20-22-34(23-21-33)37-18-12-13-24-48-37/h9-24,38-41,57H,25-30H2,1-8H3,(H,50,59)(H,51,60)(H,52,58). The van der Waals surface area contributed by atoms with Crippen molar-refractivity contribution in [2.24, 2.45) is 10.8 Å². The number of amides is 5. The van der Waals surface area contributed by atoms with Crippen LogP contribution in [-0.4, -0.2) is 111 Å². The molecule has 2 aromatic heterocycles. The van der Waals surface area contributed by atoms with E-state index in [2.05, 4.69) is 26.0 Å². The second-order valence-corrected chi connectivity index (χ2v) is 17.8. The van der Waals surface area contributed by atoms with Crippen molar-refractivity contribution >= 4 is 29.7 Å². The van der Waals surface area contributed by atoms with E-state index in [0.29, 0.717) is 17.9 Å². The number of carbonyl (C=O) groups is 5. The third kappa shape index (κ3) is 12.7. The maximum atomic E-state index is 14.6. The van der Waals surface area contributed by atoms with Crippen LogP contribution in [0.15, 0.2) is 97.2 Å². The lowest BCUT2D eigenvalue weighted by Gasteiger charge is -2.38. The van der Waals surface area contributed by atoms with Gasteiger partial charge in [-0.1, -0.05) is 108 Å². The monoisotopic (exact) mass is 848 g/mol. The van der Waals surface area contributed by atoms with Gasteiger partial charge in [0.1, 0.15) is 17.8 Å². The molecule has 1 aliphatic heterocycles. The van der Waals surface area contributed by atoms with Crippen LogP contribution >= 0.6 is 0 Å². The molecule has 4 aromatic rings. The molecule has 3 heterocycles. The Morgan fingerprint density at radius 2 is 1.52 bits per heavy atom. The molecule has 15 nitrogen and oxygen atoms in total. The Hall–Kier alpha value is -6.19. The molecule has 1 saturated heterocycles. The van der Waals surface area contributed by atoms with E-state index in [1.54, 1.807) is 39.2 Å². The van der Waals surface area contributed by atoms with Gasteiger partial charge in [-0.3, -0.25) is 24.8 Å². The Morgan fingerprint density at radius 1 is 0.823 bits per heavy atom. The molecule has 62 heavy (non-hydrogen) atoms. The van der Waals surface area contributed by atoms with Gasteiger partial charge in [-0.05, 0) is 52.6 Å². The molecule has 2 aromatic carbocycles. The Kier molecular flexibility index (Phi) is 15.6. The van der Waals surface area contributed by atoms with Crippen molar-refractivity contribution < 1.29 is 33.8 Å². The molecule has 4 N–H and O–H groups in total. The number of carbonyl (C=O) groups excluding carboxylic acids is 5. The zero-order valence-electron chi connectivity index (χ0n) is 36.9. The molecule has 4 atom stereocenters. The fraction of sp³-hybridized carbons (Fsp3) is 0.426. The van der Waals surface area contributed by atoms with Gasteiger partial charge >= 0.3 is 12.1 Å². The molecule has 5 rings (SSSR count). The highest BCUT2D eigenvalue weighted by atomic mass is 16.5. The quantitative estimate of drug-likeness (QED) is 0.0793. The first kappa shape index (κ1) is 46.9. The number of rotatable bonds is 17. The van der Waals surface area contributed by atoms with Gasteiger partial charge in [0, 0.05) is 44.9 Å². The van der Waals surface area contributed by atoms with E-state index >= 15 is 0 Å². The predicted molar refractivity (Wildman–Crippen MR) is 235 cm³/mol. The van der Waals surface area contributed by atoms with Crippen molar-refractivity contribution in [3.63, 3.8) is 0 Å². The minimum Gasteiger partial charge on any atom is -0.453 e. The number of ketones is 1. The summed E-state index contributed by atoms with van der Waals surface area (Å²) in [5, 5.41) is 19.5. The number of hydrogen-bond donors (Lipinski definition) is 4. The minimum atomic E-state index is -1.25. The van der Waals surface area contributed by atoms with Crippen LogP contribution in [0.5, 0.6) is 0 Å². The summed E-state index contributed by atoms with van der Waals surface area (Å²) in [5.41, 5.74) is 5.72. The number of urea groups is 1. The number of ether oxygens (including phenoxy) is 1. The van der Waals surface area contributed by atoms with Gasteiger partial charge in [-0.25, -0.2) is 19.6 Å². The molecule has 0 saturated carbocycles. The van der Waals surface area contributed by atoms with E-state index in [-0.39, 0.29) is 44.4 Å². The van der Waals surface area contributed by atoms with Gasteiger partial charge in [-0.2, -0.15) is 0 Å². The number of Topliss-reactive ketones (excluding diaryl/α,β-unsaturated/α-hetero) is 1. The summed E-state index contributed by atoms with van der Waals surface area (Å²) < 4.78 is 4.82. The summed E-state index contributed by atoms with van der Waals surface area (Å²) >= 11 is 0. The summed E-state index contributed by atoms with van der Waals surface area (Å²) in [6.45, 7) is 13.3. The number of hydrogen-bond acceptors (Lipinski definition) is 10. The number of aromatic nitrogens is 2. The maximum absolute atomic E-state index is 14.6. The number of hydrazine groups is 1. The number of alkyl carbamates (subject to hydrolysis) is 1. The molecule has 330 valence electrons. The normalized spacial score (nSPS) is 15.1. The number of pyridine rings is 2. The van der Waals surface area contributed by atoms with Crippen LogP contribution in [0.4, 0.5) is 9.59 Å². The fourth-order valence-corrected chi connectivity index (χ4v) is 7.47. The summed E-state index contributed by atoms with van der Waals surface area (Å²) in [5.74, 6) is -1.15.